The van der Waals surface area contributed by atoms with Crippen molar-refractivity contribution in [1.82, 2.24) is 4.90 Å². The fraction of sp³-hybridized carbons (Fsp3) is 0.435. The number of benzene rings is 2. The summed E-state index contributed by atoms with van der Waals surface area (Å²) in [5.41, 5.74) is 5.85. The smallest absolute Gasteiger partial charge is 0.193 e. The summed E-state index contributed by atoms with van der Waals surface area (Å²) in [5, 5.41) is 0. The van der Waals surface area contributed by atoms with Crippen LogP contribution in [0, 0.1) is 5.92 Å². The summed E-state index contributed by atoms with van der Waals surface area (Å²) in [5.74, 6) is 1.32. The van der Waals surface area contributed by atoms with Crippen LogP contribution in [0.5, 0.6) is 0 Å². The lowest BCUT2D eigenvalue weighted by Gasteiger charge is -2.37. The first kappa shape index (κ1) is 19.1. The lowest BCUT2D eigenvalue weighted by atomic mass is 9.71. The molecule has 2 unspecified atom stereocenters. The third kappa shape index (κ3) is 3.21. The van der Waals surface area contributed by atoms with Gasteiger partial charge in [-0.3, -0.25) is 4.79 Å². The molecule has 138 valence electrons. The van der Waals surface area contributed by atoms with E-state index < -0.39 is 0 Å². The van der Waals surface area contributed by atoms with Crippen LogP contribution in [-0.2, 0) is 12.8 Å². The van der Waals surface area contributed by atoms with Gasteiger partial charge in [0.15, 0.2) is 5.78 Å². The molecule has 0 amide bonds. The van der Waals surface area contributed by atoms with Gasteiger partial charge < -0.3 is 4.90 Å². The minimum absolute atomic E-state index is 0. The van der Waals surface area contributed by atoms with Crippen molar-refractivity contribution in [3.63, 3.8) is 0 Å². The van der Waals surface area contributed by atoms with Gasteiger partial charge in [0.05, 0.1) is 0 Å². The Morgan fingerprint density at radius 3 is 2.42 bits per heavy atom. The van der Waals surface area contributed by atoms with Gasteiger partial charge in [-0.15, -0.1) is 12.4 Å². The first-order chi connectivity index (χ1) is 12.2. The molecule has 2 aromatic rings. The molecule has 26 heavy (non-hydrogen) atoms. The van der Waals surface area contributed by atoms with Crippen molar-refractivity contribution in [3.05, 3.63) is 70.3 Å². The molecule has 0 bridgehead atoms. The van der Waals surface area contributed by atoms with Crippen molar-refractivity contribution in [2.24, 2.45) is 5.92 Å². The summed E-state index contributed by atoms with van der Waals surface area (Å²) in [6.45, 7) is 7.84. The molecule has 0 fully saturated rings. The van der Waals surface area contributed by atoms with Crippen molar-refractivity contribution in [2.75, 3.05) is 19.6 Å². The second-order valence-corrected chi connectivity index (χ2v) is 7.46. The minimum atomic E-state index is 0. The summed E-state index contributed by atoms with van der Waals surface area (Å²) in [4.78, 5) is 15.7. The van der Waals surface area contributed by atoms with Crippen molar-refractivity contribution < 1.29 is 4.79 Å². The quantitative estimate of drug-likeness (QED) is 0.765. The van der Waals surface area contributed by atoms with E-state index >= 15 is 0 Å². The third-order valence-electron chi connectivity index (χ3n) is 6.25. The summed E-state index contributed by atoms with van der Waals surface area (Å²) >= 11 is 0. The number of ketones is 1. The fourth-order valence-electron chi connectivity index (χ4n) is 4.85. The highest BCUT2D eigenvalue weighted by atomic mass is 35.5. The lowest BCUT2D eigenvalue weighted by Crippen LogP contribution is -2.35. The van der Waals surface area contributed by atoms with Crippen LogP contribution in [0.25, 0.3) is 0 Å². The maximum Gasteiger partial charge on any atom is 0.193 e. The SMILES string of the molecule is CCN(CC)CC1CCc2cccc3c2C1Cc1ccccc1C3=O.Cl. The van der Waals surface area contributed by atoms with Crippen LogP contribution in [0.3, 0.4) is 0 Å². The molecule has 2 atom stereocenters. The van der Waals surface area contributed by atoms with Gasteiger partial charge in [0.25, 0.3) is 0 Å². The number of halogens is 1. The predicted molar refractivity (Wildman–Crippen MR) is 110 cm³/mol. The van der Waals surface area contributed by atoms with Gasteiger partial charge in [0.2, 0.25) is 0 Å². The highest BCUT2D eigenvalue weighted by Crippen LogP contribution is 2.43. The summed E-state index contributed by atoms with van der Waals surface area (Å²) in [6, 6.07) is 14.6. The fourth-order valence-corrected chi connectivity index (χ4v) is 4.85. The lowest BCUT2D eigenvalue weighted by molar-refractivity contribution is 0.103. The molecule has 0 aromatic heterocycles. The molecule has 0 saturated heterocycles. The van der Waals surface area contributed by atoms with E-state index in [9.17, 15) is 4.79 Å². The Kier molecular flexibility index (Phi) is 5.84. The van der Waals surface area contributed by atoms with Gasteiger partial charge in [-0.25, -0.2) is 0 Å². The normalized spacial score (nSPS) is 20.8. The van der Waals surface area contributed by atoms with Crippen molar-refractivity contribution >= 4 is 18.2 Å². The second kappa shape index (κ2) is 7.94. The number of hydrogen-bond acceptors (Lipinski definition) is 2. The van der Waals surface area contributed by atoms with Gasteiger partial charge in [-0.2, -0.15) is 0 Å². The van der Waals surface area contributed by atoms with E-state index in [0.29, 0.717) is 11.8 Å². The Morgan fingerprint density at radius 2 is 1.65 bits per heavy atom. The molecule has 0 saturated carbocycles. The standard InChI is InChI=1S/C23H27NO.ClH/c1-3-24(4-2)15-18-13-12-16-9-7-11-20-22(16)21(18)14-17-8-5-6-10-19(17)23(20)25;/h5-11,18,21H,3-4,12-15H2,1-2H3;1H. The van der Waals surface area contributed by atoms with Gasteiger partial charge >= 0.3 is 0 Å². The highest BCUT2D eigenvalue weighted by molar-refractivity contribution is 6.11. The molecule has 2 nitrogen and oxygen atoms in total. The Balaban J connectivity index is 0.00000196. The molecular formula is C23H28ClNO. The van der Waals surface area contributed by atoms with E-state index in [0.717, 1.165) is 43.6 Å². The molecule has 2 aromatic carbocycles. The Hall–Kier alpha value is -1.64. The molecule has 0 aliphatic heterocycles. The number of aryl methyl sites for hydroxylation is 1. The van der Waals surface area contributed by atoms with E-state index in [1.165, 1.54) is 23.1 Å². The average molecular weight is 370 g/mol. The van der Waals surface area contributed by atoms with Gasteiger partial charge in [-0.1, -0.05) is 56.3 Å². The first-order valence-corrected chi connectivity index (χ1v) is 9.69. The van der Waals surface area contributed by atoms with Gasteiger partial charge in [-0.05, 0) is 60.9 Å². The maximum atomic E-state index is 13.2. The molecule has 2 aliphatic rings. The molecule has 0 radical (unpaired) electrons. The van der Waals surface area contributed by atoms with Crippen LogP contribution in [0.1, 0.15) is 58.8 Å². The van der Waals surface area contributed by atoms with Crippen LogP contribution in [0.15, 0.2) is 42.5 Å². The maximum absolute atomic E-state index is 13.2. The van der Waals surface area contributed by atoms with Crippen LogP contribution in [-0.4, -0.2) is 30.3 Å². The van der Waals surface area contributed by atoms with Gasteiger partial charge in [0.1, 0.15) is 0 Å². The van der Waals surface area contributed by atoms with E-state index in [-0.39, 0.29) is 18.2 Å². The first-order valence-electron chi connectivity index (χ1n) is 9.69. The van der Waals surface area contributed by atoms with E-state index in [1.54, 1.807) is 0 Å². The molecule has 0 N–H and O–H groups in total. The Labute approximate surface area is 163 Å². The van der Waals surface area contributed by atoms with Crippen molar-refractivity contribution in [2.45, 2.75) is 39.0 Å². The molecular weight excluding hydrogens is 342 g/mol. The second-order valence-electron chi connectivity index (χ2n) is 7.46. The third-order valence-corrected chi connectivity index (χ3v) is 6.25. The molecule has 0 heterocycles. The number of hydrogen-bond donors (Lipinski definition) is 0. The average Bonchev–Trinajstić information content (AvgIpc) is 2.78. The topological polar surface area (TPSA) is 20.3 Å². The zero-order valence-electron chi connectivity index (χ0n) is 15.7. The van der Waals surface area contributed by atoms with Gasteiger partial charge in [0, 0.05) is 17.7 Å². The van der Waals surface area contributed by atoms with Crippen LogP contribution in [0.2, 0.25) is 0 Å². The number of rotatable bonds is 4. The number of carbonyl (C=O) groups is 1. The molecule has 4 rings (SSSR count). The summed E-state index contributed by atoms with van der Waals surface area (Å²) in [6.07, 6.45) is 3.33. The largest absolute Gasteiger partial charge is 0.304 e. The number of carbonyl (C=O) groups excluding carboxylic acids is 1. The summed E-state index contributed by atoms with van der Waals surface area (Å²) < 4.78 is 0. The molecule has 0 spiro atoms. The molecule has 3 heteroatoms. The van der Waals surface area contributed by atoms with Crippen LogP contribution >= 0.6 is 12.4 Å². The van der Waals surface area contributed by atoms with Crippen molar-refractivity contribution in [1.29, 1.82) is 0 Å². The Morgan fingerprint density at radius 1 is 0.962 bits per heavy atom. The number of nitrogens with zero attached hydrogens (tertiary/aromatic N) is 1. The molecule has 2 aliphatic carbocycles. The Bertz CT molecular complexity index is 797. The van der Waals surface area contributed by atoms with Crippen molar-refractivity contribution in [3.8, 4) is 0 Å². The van der Waals surface area contributed by atoms with Crippen LogP contribution in [0.4, 0.5) is 0 Å². The minimum Gasteiger partial charge on any atom is -0.304 e. The van der Waals surface area contributed by atoms with E-state index in [1.807, 2.05) is 12.1 Å². The zero-order valence-corrected chi connectivity index (χ0v) is 16.5. The zero-order chi connectivity index (χ0) is 17.4. The number of fused-ring (bicyclic) bond motifs is 1. The monoisotopic (exact) mass is 369 g/mol. The predicted octanol–water partition coefficient (Wildman–Crippen LogP) is 4.88. The van der Waals surface area contributed by atoms with Crippen LogP contribution < -0.4 is 0 Å². The van der Waals surface area contributed by atoms with E-state index in [2.05, 4.69) is 49.1 Å². The summed E-state index contributed by atoms with van der Waals surface area (Å²) in [7, 11) is 0. The highest BCUT2D eigenvalue weighted by Gasteiger charge is 2.36. The van der Waals surface area contributed by atoms with E-state index in [4.69, 9.17) is 0 Å².